The molecule has 26 heavy (non-hydrogen) atoms. The zero-order valence-corrected chi connectivity index (χ0v) is 14.1. The fourth-order valence-electron chi connectivity index (χ4n) is 1.48. The van der Waals surface area contributed by atoms with Crippen molar-refractivity contribution in [2.45, 2.75) is 0 Å². The van der Waals surface area contributed by atoms with Gasteiger partial charge in [-0.2, -0.15) is 0 Å². The highest BCUT2D eigenvalue weighted by atomic mass is 16.5. The number of nitrogens with zero attached hydrogens (tertiary/aromatic N) is 3. The smallest absolute Gasteiger partial charge is 0.271 e. The molecule has 0 aromatic carbocycles. The molecule has 0 aliphatic rings. The normalized spacial score (nSPS) is 8.96. The number of primary amides is 1. The van der Waals surface area contributed by atoms with Crippen molar-refractivity contribution >= 4 is 17.4 Å². The third kappa shape index (κ3) is 7.59. The van der Waals surface area contributed by atoms with Crippen LogP contribution in [-0.2, 0) is 0 Å². The first kappa shape index (κ1) is 20.2. The van der Waals surface area contributed by atoms with Crippen molar-refractivity contribution in [3.8, 4) is 11.6 Å². The second kappa shape index (κ2) is 10.8. The van der Waals surface area contributed by atoms with Crippen LogP contribution in [0.25, 0.3) is 0 Å². The molecule has 0 saturated carbocycles. The number of pyridine rings is 3. The molecule has 0 bridgehead atoms. The van der Waals surface area contributed by atoms with Gasteiger partial charge in [0.05, 0.1) is 19.0 Å². The lowest BCUT2D eigenvalue weighted by molar-refractivity contribution is 0.0993. The number of aromatic hydroxyl groups is 1. The van der Waals surface area contributed by atoms with Gasteiger partial charge in [-0.3, -0.25) is 4.79 Å². The second-order valence-electron chi connectivity index (χ2n) is 4.62. The Hall–Kier alpha value is -3.88. The van der Waals surface area contributed by atoms with Gasteiger partial charge in [0.1, 0.15) is 11.6 Å². The van der Waals surface area contributed by atoms with E-state index in [9.17, 15) is 4.79 Å². The van der Waals surface area contributed by atoms with Gasteiger partial charge in [-0.05, 0) is 30.3 Å². The van der Waals surface area contributed by atoms with Crippen LogP contribution in [0.3, 0.4) is 0 Å². The van der Waals surface area contributed by atoms with Crippen LogP contribution in [0.1, 0.15) is 10.5 Å². The predicted octanol–water partition coefficient (Wildman–Crippen LogP) is 1.22. The number of nitrogens with two attached hydrogens (primary N) is 3. The zero-order chi connectivity index (χ0) is 19.4. The number of nitrogen functional groups attached to an aromatic ring is 2. The van der Waals surface area contributed by atoms with E-state index < -0.39 is 5.91 Å². The van der Waals surface area contributed by atoms with E-state index in [4.69, 9.17) is 27.0 Å². The van der Waals surface area contributed by atoms with Crippen molar-refractivity contribution in [2.24, 2.45) is 5.73 Å². The molecule has 7 N–H and O–H groups in total. The summed E-state index contributed by atoms with van der Waals surface area (Å²) in [7, 11) is 1.57. The third-order valence-electron chi connectivity index (χ3n) is 2.68. The molecule has 3 rings (SSSR count). The molecule has 3 heterocycles. The molecule has 3 aromatic rings. The highest BCUT2D eigenvalue weighted by Gasteiger charge is 2.05. The Balaban J connectivity index is 0.000000198. The highest BCUT2D eigenvalue weighted by molar-refractivity contribution is 5.93. The Morgan fingerprint density at radius 3 is 2.12 bits per heavy atom. The number of hydrogen-bond acceptors (Lipinski definition) is 8. The lowest BCUT2D eigenvalue weighted by Crippen LogP contribution is -2.12. The van der Waals surface area contributed by atoms with Crippen LogP contribution in [0.15, 0.2) is 61.1 Å². The number of carbonyl (C=O) groups is 1. The number of aromatic nitrogens is 3. The van der Waals surface area contributed by atoms with E-state index in [1.54, 1.807) is 37.7 Å². The molecular weight excluding hydrogens is 336 g/mol. The van der Waals surface area contributed by atoms with E-state index >= 15 is 0 Å². The molecule has 9 heteroatoms. The molecule has 0 unspecified atom stereocenters. The minimum atomic E-state index is -0.724. The summed E-state index contributed by atoms with van der Waals surface area (Å²) >= 11 is 0. The van der Waals surface area contributed by atoms with Crippen LogP contribution < -0.4 is 21.9 Å². The molecule has 0 atom stereocenters. The van der Waals surface area contributed by atoms with E-state index in [0.29, 0.717) is 17.4 Å². The molecule has 0 radical (unpaired) electrons. The standard InChI is InChI=1S/C6H6N2O2.C6H8N2O.C5H6N2/c7-6(10)5-4(9)2-1-3-8-5;1-9-6-3-2-5(7)4-8-6;6-5-3-1-2-4-7-5/h1-3,9H,(H2,7,10);2-4H,7H2,1H3;1-4H,(H2,6,7). The van der Waals surface area contributed by atoms with Crippen molar-refractivity contribution in [3.05, 3.63) is 66.7 Å². The number of methoxy groups -OCH3 is 1. The number of hydrogen-bond donors (Lipinski definition) is 4. The van der Waals surface area contributed by atoms with Crippen molar-refractivity contribution in [1.82, 2.24) is 15.0 Å². The Kier molecular flexibility index (Phi) is 8.39. The minimum absolute atomic E-state index is 0.0949. The number of anilines is 2. The lowest BCUT2D eigenvalue weighted by atomic mass is 10.3. The van der Waals surface area contributed by atoms with Gasteiger partial charge in [-0.1, -0.05) is 6.07 Å². The molecule has 9 nitrogen and oxygen atoms in total. The van der Waals surface area contributed by atoms with E-state index in [1.807, 2.05) is 12.1 Å². The van der Waals surface area contributed by atoms with Gasteiger partial charge in [-0.25, -0.2) is 15.0 Å². The van der Waals surface area contributed by atoms with Crippen LogP contribution in [0.2, 0.25) is 0 Å². The maximum absolute atomic E-state index is 10.4. The average molecular weight is 356 g/mol. The summed E-state index contributed by atoms with van der Waals surface area (Å²) in [5, 5.41) is 8.92. The summed E-state index contributed by atoms with van der Waals surface area (Å²) in [6, 6.07) is 11.8. The van der Waals surface area contributed by atoms with Crippen LogP contribution in [0.4, 0.5) is 11.5 Å². The van der Waals surface area contributed by atoms with Gasteiger partial charge < -0.3 is 27.0 Å². The Bertz CT molecular complexity index is 797. The minimum Gasteiger partial charge on any atom is -0.505 e. The van der Waals surface area contributed by atoms with E-state index in [1.165, 1.54) is 18.3 Å². The summed E-state index contributed by atoms with van der Waals surface area (Å²) in [5.41, 5.74) is 16.0. The van der Waals surface area contributed by atoms with Gasteiger partial charge in [-0.15, -0.1) is 0 Å². The van der Waals surface area contributed by atoms with Crippen LogP contribution in [0, 0.1) is 0 Å². The number of carbonyl (C=O) groups excluding carboxylic acids is 1. The van der Waals surface area contributed by atoms with Gasteiger partial charge in [0.15, 0.2) is 5.69 Å². The quantitative estimate of drug-likeness (QED) is 0.532. The van der Waals surface area contributed by atoms with Gasteiger partial charge >= 0.3 is 0 Å². The first-order valence-electron chi connectivity index (χ1n) is 7.29. The molecule has 0 saturated heterocycles. The van der Waals surface area contributed by atoms with Gasteiger partial charge in [0, 0.05) is 18.5 Å². The maximum atomic E-state index is 10.4. The molecule has 3 aromatic heterocycles. The maximum Gasteiger partial charge on any atom is 0.271 e. The molecule has 0 spiro atoms. The third-order valence-corrected chi connectivity index (χ3v) is 2.68. The Morgan fingerprint density at radius 2 is 1.73 bits per heavy atom. The first-order chi connectivity index (χ1) is 12.4. The monoisotopic (exact) mass is 356 g/mol. The summed E-state index contributed by atoms with van der Waals surface area (Å²) in [6.07, 6.45) is 4.61. The highest BCUT2D eigenvalue weighted by Crippen LogP contribution is 2.10. The number of ether oxygens (including phenoxy) is 1. The fraction of sp³-hybridized carbons (Fsp3) is 0.0588. The van der Waals surface area contributed by atoms with Crippen molar-refractivity contribution in [1.29, 1.82) is 0 Å². The zero-order valence-electron chi connectivity index (χ0n) is 14.1. The van der Waals surface area contributed by atoms with Gasteiger partial charge in [0.25, 0.3) is 5.91 Å². The summed E-state index contributed by atoms with van der Waals surface area (Å²) < 4.78 is 4.80. The Morgan fingerprint density at radius 1 is 1.00 bits per heavy atom. The summed E-state index contributed by atoms with van der Waals surface area (Å²) in [4.78, 5) is 21.6. The molecule has 0 fully saturated rings. The topological polar surface area (TPSA) is 163 Å². The summed E-state index contributed by atoms with van der Waals surface area (Å²) in [6.45, 7) is 0. The van der Waals surface area contributed by atoms with E-state index in [-0.39, 0.29) is 11.4 Å². The first-order valence-corrected chi connectivity index (χ1v) is 7.29. The molecular formula is C17H20N6O3. The molecule has 0 aliphatic carbocycles. The van der Waals surface area contributed by atoms with Crippen molar-refractivity contribution in [3.63, 3.8) is 0 Å². The van der Waals surface area contributed by atoms with Crippen molar-refractivity contribution < 1.29 is 14.6 Å². The fourth-order valence-corrected chi connectivity index (χ4v) is 1.48. The van der Waals surface area contributed by atoms with E-state index in [2.05, 4.69) is 15.0 Å². The van der Waals surface area contributed by atoms with Crippen LogP contribution in [0.5, 0.6) is 11.6 Å². The van der Waals surface area contributed by atoms with Crippen molar-refractivity contribution in [2.75, 3.05) is 18.6 Å². The van der Waals surface area contributed by atoms with Crippen LogP contribution >= 0.6 is 0 Å². The molecule has 136 valence electrons. The summed E-state index contributed by atoms with van der Waals surface area (Å²) in [5.74, 6) is 0.250. The predicted molar refractivity (Wildman–Crippen MR) is 98.3 cm³/mol. The van der Waals surface area contributed by atoms with Crippen LogP contribution in [-0.4, -0.2) is 33.1 Å². The van der Waals surface area contributed by atoms with E-state index in [0.717, 1.165) is 0 Å². The lowest BCUT2D eigenvalue weighted by Gasteiger charge is -1.95. The number of amides is 1. The Labute approximate surface area is 150 Å². The second-order valence-corrected chi connectivity index (χ2v) is 4.62. The SMILES string of the molecule is COc1ccc(N)cn1.NC(=O)c1ncccc1O.Nc1ccccn1. The van der Waals surface area contributed by atoms with Gasteiger partial charge in [0.2, 0.25) is 5.88 Å². The molecule has 1 amide bonds. The molecule has 0 aliphatic heterocycles. The average Bonchev–Trinajstić information content (AvgIpc) is 2.64. The number of rotatable bonds is 2. The largest absolute Gasteiger partial charge is 0.505 e.